The molecule has 0 amide bonds. The average Bonchev–Trinajstić information content (AvgIpc) is 3.49. The number of hydrogen-bond donors (Lipinski definition) is 2. The minimum Gasteiger partial charge on any atom is -0.478 e. The molecule has 1 aliphatic heterocycles. The Morgan fingerprint density at radius 2 is 1.81 bits per heavy atom. The lowest BCUT2D eigenvalue weighted by molar-refractivity contribution is 0.0697. The van der Waals surface area contributed by atoms with E-state index in [-0.39, 0.29) is 17.3 Å². The maximum atomic E-state index is 13.8. The summed E-state index contributed by atoms with van der Waals surface area (Å²) in [4.78, 5) is 11.2. The monoisotopic (exact) mass is 479 g/mol. The van der Waals surface area contributed by atoms with Gasteiger partial charge in [0.2, 0.25) is 0 Å². The Labute approximate surface area is 206 Å². The van der Waals surface area contributed by atoms with Crippen molar-refractivity contribution in [3.8, 4) is 17.5 Å². The Morgan fingerprint density at radius 1 is 1.06 bits per heavy atom. The second kappa shape index (κ2) is 8.99. The van der Waals surface area contributed by atoms with Crippen LogP contribution in [0.4, 0.5) is 4.39 Å². The molecule has 0 unspecified atom stereocenters. The molecular weight excluding hydrogens is 457 g/mol. The topological polar surface area (TPSA) is 80.1 Å². The Bertz CT molecular complexity index is 1650. The van der Waals surface area contributed by atoms with Crippen molar-refractivity contribution in [3.63, 3.8) is 0 Å². The fourth-order valence-electron chi connectivity index (χ4n) is 4.93. The van der Waals surface area contributed by atoms with E-state index in [0.717, 1.165) is 57.2 Å². The van der Waals surface area contributed by atoms with Crippen molar-refractivity contribution in [2.45, 2.75) is 18.8 Å². The summed E-state index contributed by atoms with van der Waals surface area (Å²) >= 11 is 0. The molecule has 2 aromatic heterocycles. The summed E-state index contributed by atoms with van der Waals surface area (Å²) in [7, 11) is 0. The standard InChI is InChI=1S/C29H22FN3O3/c30-22-6-8-23(9-7-22)33-27-15-21-17-31-32-26(21)16-25(27)24(28(33)19-11-13-36-14-12-19)10-3-18-1-4-20(5-2-18)29(34)35/h1-2,4-9,15-17,19H,11-14H2,(H,31,32)(H,34,35). The van der Waals surface area contributed by atoms with Crippen LogP contribution in [0.5, 0.6) is 0 Å². The summed E-state index contributed by atoms with van der Waals surface area (Å²) in [6, 6.07) is 17.2. The van der Waals surface area contributed by atoms with E-state index in [0.29, 0.717) is 13.2 Å². The van der Waals surface area contributed by atoms with Gasteiger partial charge in [0.15, 0.2) is 0 Å². The Morgan fingerprint density at radius 3 is 2.53 bits per heavy atom. The number of fused-ring (bicyclic) bond motifs is 2. The number of H-pyrrole nitrogens is 1. The normalized spacial score (nSPS) is 14.1. The number of rotatable bonds is 3. The largest absolute Gasteiger partial charge is 0.478 e. The number of halogens is 1. The lowest BCUT2D eigenvalue weighted by Gasteiger charge is -2.25. The highest BCUT2D eigenvalue weighted by molar-refractivity contribution is 6.00. The molecule has 1 fully saturated rings. The molecule has 3 aromatic carbocycles. The molecule has 1 saturated heterocycles. The van der Waals surface area contributed by atoms with Crippen molar-refractivity contribution < 1.29 is 19.0 Å². The number of aromatic amines is 1. The zero-order valence-corrected chi connectivity index (χ0v) is 19.3. The fraction of sp³-hybridized carbons (Fsp3) is 0.172. The van der Waals surface area contributed by atoms with Crippen molar-refractivity contribution in [1.82, 2.24) is 14.8 Å². The molecule has 7 heteroatoms. The number of carboxylic acid groups (broad SMARTS) is 1. The predicted molar refractivity (Wildman–Crippen MR) is 135 cm³/mol. The third-order valence-electron chi connectivity index (χ3n) is 6.72. The summed E-state index contributed by atoms with van der Waals surface area (Å²) in [5, 5.41) is 18.4. The zero-order chi connectivity index (χ0) is 24.6. The van der Waals surface area contributed by atoms with Crippen LogP contribution < -0.4 is 0 Å². The quantitative estimate of drug-likeness (QED) is 0.328. The van der Waals surface area contributed by atoms with Crippen molar-refractivity contribution >= 4 is 27.8 Å². The summed E-state index contributed by atoms with van der Waals surface area (Å²) < 4.78 is 21.7. The maximum absolute atomic E-state index is 13.8. The second-order valence-corrected chi connectivity index (χ2v) is 8.92. The van der Waals surface area contributed by atoms with Crippen LogP contribution >= 0.6 is 0 Å². The Kier molecular flexibility index (Phi) is 5.51. The zero-order valence-electron chi connectivity index (χ0n) is 19.3. The maximum Gasteiger partial charge on any atom is 0.335 e. The van der Waals surface area contributed by atoms with Gasteiger partial charge < -0.3 is 14.4 Å². The molecular formula is C29H22FN3O3. The molecule has 3 heterocycles. The Balaban J connectivity index is 1.62. The molecule has 0 radical (unpaired) electrons. The number of ether oxygens (including phenoxy) is 1. The number of carboxylic acids is 1. The van der Waals surface area contributed by atoms with Gasteiger partial charge >= 0.3 is 5.97 Å². The number of nitrogens with zero attached hydrogens (tertiary/aromatic N) is 2. The molecule has 0 bridgehead atoms. The number of hydrogen-bond acceptors (Lipinski definition) is 3. The molecule has 1 aliphatic rings. The van der Waals surface area contributed by atoms with Crippen LogP contribution in [0.25, 0.3) is 27.5 Å². The van der Waals surface area contributed by atoms with Crippen LogP contribution in [-0.2, 0) is 4.74 Å². The van der Waals surface area contributed by atoms with Crippen molar-refractivity contribution in [3.05, 3.63) is 95.1 Å². The minimum absolute atomic E-state index is 0.214. The van der Waals surface area contributed by atoms with Crippen molar-refractivity contribution in [2.24, 2.45) is 0 Å². The third kappa shape index (κ3) is 3.92. The highest BCUT2D eigenvalue weighted by atomic mass is 19.1. The molecule has 178 valence electrons. The summed E-state index contributed by atoms with van der Waals surface area (Å²) in [6.07, 6.45) is 3.51. The van der Waals surface area contributed by atoms with Gasteiger partial charge in [-0.3, -0.25) is 5.10 Å². The molecule has 0 aliphatic carbocycles. The van der Waals surface area contributed by atoms with E-state index in [9.17, 15) is 14.3 Å². The van der Waals surface area contributed by atoms with Crippen LogP contribution in [0.15, 0.2) is 66.9 Å². The van der Waals surface area contributed by atoms with Gasteiger partial charge in [-0.05, 0) is 73.5 Å². The van der Waals surface area contributed by atoms with Crippen molar-refractivity contribution in [1.29, 1.82) is 0 Å². The number of aromatic nitrogens is 3. The number of benzene rings is 3. The minimum atomic E-state index is -0.970. The predicted octanol–water partition coefficient (Wildman–Crippen LogP) is 5.64. The van der Waals surface area contributed by atoms with Crippen LogP contribution in [0, 0.1) is 17.7 Å². The van der Waals surface area contributed by atoms with Gasteiger partial charge in [0.05, 0.1) is 28.4 Å². The summed E-state index contributed by atoms with van der Waals surface area (Å²) in [5.41, 5.74) is 5.68. The summed E-state index contributed by atoms with van der Waals surface area (Å²) in [6.45, 7) is 1.34. The molecule has 0 spiro atoms. The van der Waals surface area contributed by atoms with Gasteiger partial charge in [-0.25, -0.2) is 9.18 Å². The van der Waals surface area contributed by atoms with Crippen LogP contribution in [-0.4, -0.2) is 39.1 Å². The first-order valence-corrected chi connectivity index (χ1v) is 11.8. The van der Waals surface area contributed by atoms with E-state index in [2.05, 4.69) is 38.7 Å². The molecule has 36 heavy (non-hydrogen) atoms. The van der Waals surface area contributed by atoms with Crippen molar-refractivity contribution in [2.75, 3.05) is 13.2 Å². The van der Waals surface area contributed by atoms with Crippen LogP contribution in [0.2, 0.25) is 0 Å². The molecule has 2 N–H and O–H groups in total. The van der Waals surface area contributed by atoms with Gasteiger partial charge in [0, 0.05) is 46.8 Å². The summed E-state index contributed by atoms with van der Waals surface area (Å²) in [5.74, 6) is 5.61. The number of nitrogens with one attached hydrogen (secondary N) is 1. The third-order valence-corrected chi connectivity index (χ3v) is 6.72. The molecule has 5 aromatic rings. The van der Waals surface area contributed by atoms with E-state index >= 15 is 0 Å². The molecule has 0 saturated carbocycles. The Hall–Kier alpha value is -4.41. The highest BCUT2D eigenvalue weighted by Crippen LogP contribution is 2.39. The number of carbonyl (C=O) groups is 1. The van der Waals surface area contributed by atoms with Crippen LogP contribution in [0.3, 0.4) is 0 Å². The average molecular weight is 480 g/mol. The lowest BCUT2D eigenvalue weighted by atomic mass is 9.92. The lowest BCUT2D eigenvalue weighted by Crippen LogP contribution is -2.17. The van der Waals surface area contributed by atoms with E-state index in [1.807, 2.05) is 0 Å². The van der Waals surface area contributed by atoms with Gasteiger partial charge in [0.1, 0.15) is 5.82 Å². The highest BCUT2D eigenvalue weighted by Gasteiger charge is 2.27. The first kappa shape index (κ1) is 22.1. The van der Waals surface area contributed by atoms with E-state index < -0.39 is 5.97 Å². The first-order valence-electron chi connectivity index (χ1n) is 11.8. The fourth-order valence-corrected chi connectivity index (χ4v) is 4.93. The van der Waals surface area contributed by atoms with E-state index in [4.69, 9.17) is 4.74 Å². The second-order valence-electron chi connectivity index (χ2n) is 8.92. The van der Waals surface area contributed by atoms with Gasteiger partial charge in [0.25, 0.3) is 0 Å². The SMILES string of the molecule is O=C(O)c1ccc(C#Cc2c(C3CCOCC3)n(-c3ccc(F)cc3)c3cc4cn[nH]c4cc23)cc1. The number of aromatic carboxylic acids is 1. The van der Waals surface area contributed by atoms with Crippen LogP contribution in [0.1, 0.15) is 45.9 Å². The van der Waals surface area contributed by atoms with Gasteiger partial charge in [-0.15, -0.1) is 0 Å². The molecule has 6 rings (SSSR count). The smallest absolute Gasteiger partial charge is 0.335 e. The molecule has 6 nitrogen and oxygen atoms in total. The van der Waals surface area contributed by atoms with Gasteiger partial charge in [-0.1, -0.05) is 11.8 Å². The van der Waals surface area contributed by atoms with E-state index in [1.165, 1.54) is 12.1 Å². The van der Waals surface area contributed by atoms with Gasteiger partial charge in [-0.2, -0.15) is 5.10 Å². The first-order chi connectivity index (χ1) is 17.6. The van der Waals surface area contributed by atoms with E-state index in [1.54, 1.807) is 42.6 Å². The molecule has 0 atom stereocenters.